The van der Waals surface area contributed by atoms with Gasteiger partial charge in [0.15, 0.2) is 11.7 Å². The molecule has 0 saturated carbocycles. The van der Waals surface area contributed by atoms with Gasteiger partial charge in [0.2, 0.25) is 0 Å². The van der Waals surface area contributed by atoms with Crippen LogP contribution in [0, 0.1) is 5.82 Å². The quantitative estimate of drug-likeness (QED) is 0.204. The molecule has 2 unspecified atom stereocenters. The molecule has 204 valence electrons. The van der Waals surface area contributed by atoms with Gasteiger partial charge in [-0.2, -0.15) is 0 Å². The van der Waals surface area contributed by atoms with Crippen LogP contribution in [0.4, 0.5) is 15.8 Å². The molecular weight excluding hydrogens is 539 g/mol. The number of halogens is 1. The fourth-order valence-electron chi connectivity index (χ4n) is 4.77. The van der Waals surface area contributed by atoms with Gasteiger partial charge in [-0.25, -0.2) is 4.39 Å². The predicted molar refractivity (Wildman–Crippen MR) is 159 cm³/mol. The van der Waals surface area contributed by atoms with E-state index in [0.717, 1.165) is 16.9 Å². The largest absolute Gasteiger partial charge is 0.484 e. The van der Waals surface area contributed by atoms with Crippen molar-refractivity contribution < 1.29 is 18.3 Å². The van der Waals surface area contributed by atoms with Crippen LogP contribution < -0.4 is 20.3 Å². The van der Waals surface area contributed by atoms with Crippen molar-refractivity contribution in [3.05, 3.63) is 133 Å². The van der Waals surface area contributed by atoms with Crippen LogP contribution in [0.3, 0.4) is 0 Å². The van der Waals surface area contributed by atoms with Crippen molar-refractivity contribution >= 4 is 34.6 Å². The lowest BCUT2D eigenvalue weighted by Gasteiger charge is -2.26. The number of amides is 1. The zero-order valence-corrected chi connectivity index (χ0v) is 22.6. The number of anilines is 2. The molecule has 6 rings (SSSR count). The van der Waals surface area contributed by atoms with Crippen molar-refractivity contribution in [3.63, 3.8) is 0 Å². The van der Waals surface area contributed by atoms with Crippen LogP contribution in [-0.4, -0.2) is 22.6 Å². The molecule has 7 nitrogen and oxygen atoms in total. The molecule has 1 aliphatic heterocycles. The minimum Gasteiger partial charge on any atom is -0.484 e. The average molecular weight is 565 g/mol. The number of carbonyl (C=O) groups excluding carboxylic acids is 1. The first-order valence-corrected chi connectivity index (χ1v) is 13.4. The van der Waals surface area contributed by atoms with Gasteiger partial charge in [0, 0.05) is 23.1 Å². The third kappa shape index (κ3) is 5.80. The molecule has 3 heterocycles. The van der Waals surface area contributed by atoms with E-state index in [9.17, 15) is 9.18 Å². The summed E-state index contributed by atoms with van der Waals surface area (Å²) in [4.78, 5) is 19.0. The number of aromatic nitrogens is 1. The van der Waals surface area contributed by atoms with Gasteiger partial charge in [-0.05, 0) is 97.1 Å². The number of hydrogen-bond donors (Lipinski definition) is 2. The van der Waals surface area contributed by atoms with Gasteiger partial charge in [0.05, 0.1) is 11.7 Å². The van der Waals surface area contributed by atoms with E-state index in [0.29, 0.717) is 28.1 Å². The molecule has 2 atom stereocenters. The number of hydrogen-bond acceptors (Lipinski definition) is 5. The monoisotopic (exact) mass is 564 g/mol. The smallest absolute Gasteiger partial charge is 0.262 e. The topological polar surface area (TPSA) is 79.6 Å². The van der Waals surface area contributed by atoms with Gasteiger partial charge in [-0.1, -0.05) is 24.3 Å². The molecule has 0 spiro atoms. The minimum atomic E-state index is -0.355. The first kappa shape index (κ1) is 26.2. The molecule has 2 N–H and O–H groups in total. The highest BCUT2D eigenvalue weighted by Gasteiger charge is 2.42. The van der Waals surface area contributed by atoms with E-state index in [4.69, 9.17) is 21.4 Å². The Hall–Kier alpha value is -5.02. The number of furan rings is 1. The van der Waals surface area contributed by atoms with Gasteiger partial charge in [0.25, 0.3) is 5.91 Å². The van der Waals surface area contributed by atoms with Crippen molar-refractivity contribution in [2.24, 2.45) is 0 Å². The van der Waals surface area contributed by atoms with E-state index < -0.39 is 0 Å². The van der Waals surface area contributed by atoms with E-state index in [1.54, 1.807) is 30.5 Å². The predicted octanol–water partition coefficient (Wildman–Crippen LogP) is 6.68. The summed E-state index contributed by atoms with van der Waals surface area (Å²) in [5, 5.41) is 6.77. The van der Waals surface area contributed by atoms with Crippen molar-refractivity contribution in [1.82, 2.24) is 10.3 Å². The number of benzene rings is 3. The number of thiocarbonyl (C=S) groups is 1. The number of nitrogens with one attached hydrogen (secondary N) is 2. The molecule has 1 fully saturated rings. The molecule has 5 aromatic rings. The van der Waals surface area contributed by atoms with Gasteiger partial charge < -0.3 is 24.7 Å². The van der Waals surface area contributed by atoms with E-state index in [-0.39, 0.29) is 30.4 Å². The molecule has 1 amide bonds. The molecule has 41 heavy (non-hydrogen) atoms. The number of rotatable bonds is 8. The number of ether oxygens (including phenoxy) is 1. The minimum absolute atomic E-state index is 0.103. The summed E-state index contributed by atoms with van der Waals surface area (Å²) in [5.74, 6) is 1.34. The molecule has 0 bridgehead atoms. The first-order valence-electron chi connectivity index (χ1n) is 13.0. The fraction of sp³-hybridized carbons (Fsp3) is 0.0938. The van der Waals surface area contributed by atoms with Crippen LogP contribution in [0.15, 0.2) is 120 Å². The van der Waals surface area contributed by atoms with E-state index in [1.165, 1.54) is 12.1 Å². The highest BCUT2D eigenvalue weighted by atomic mass is 32.1. The first-order chi connectivity index (χ1) is 20.0. The molecular formula is C32H25FN4O3S. The second kappa shape index (κ2) is 11.6. The van der Waals surface area contributed by atoms with Crippen molar-refractivity contribution in [2.75, 3.05) is 16.8 Å². The molecule has 1 aliphatic rings. The van der Waals surface area contributed by atoms with E-state index in [2.05, 4.69) is 15.6 Å². The summed E-state index contributed by atoms with van der Waals surface area (Å²) >= 11 is 5.79. The van der Waals surface area contributed by atoms with Gasteiger partial charge in [0.1, 0.15) is 29.1 Å². The highest BCUT2D eigenvalue weighted by Crippen LogP contribution is 2.43. The van der Waals surface area contributed by atoms with Crippen LogP contribution in [0.25, 0.3) is 11.3 Å². The molecule has 1 saturated heterocycles. The Morgan fingerprint density at radius 1 is 0.951 bits per heavy atom. The summed E-state index contributed by atoms with van der Waals surface area (Å²) in [6.45, 7) is -0.103. The normalized spacial score (nSPS) is 16.3. The zero-order chi connectivity index (χ0) is 28.2. The number of para-hydroxylation sites is 1. The number of pyridine rings is 1. The number of carbonyl (C=O) groups is 1. The molecule has 3 aromatic carbocycles. The zero-order valence-electron chi connectivity index (χ0n) is 21.7. The SMILES string of the molecule is O=C(COc1ccccc1)Nc1ccc(N2C(=S)NC(c3ccccn3)C2c2ccc(-c3ccc(F)cc3)o2)cc1. The van der Waals surface area contributed by atoms with Crippen LogP contribution in [0.5, 0.6) is 5.75 Å². The van der Waals surface area contributed by atoms with Crippen molar-refractivity contribution in [2.45, 2.75) is 12.1 Å². The summed E-state index contributed by atoms with van der Waals surface area (Å²) in [6.07, 6.45) is 1.74. The van der Waals surface area contributed by atoms with Crippen LogP contribution in [0.1, 0.15) is 23.5 Å². The third-order valence-electron chi connectivity index (χ3n) is 6.69. The Balaban J connectivity index is 1.25. The maximum absolute atomic E-state index is 13.5. The summed E-state index contributed by atoms with van der Waals surface area (Å²) in [6, 6.07) is 31.6. The van der Waals surface area contributed by atoms with Crippen LogP contribution >= 0.6 is 12.2 Å². The molecule has 0 aliphatic carbocycles. The van der Waals surface area contributed by atoms with Crippen molar-refractivity contribution in [3.8, 4) is 17.1 Å². The van der Waals surface area contributed by atoms with E-state index >= 15 is 0 Å². The Morgan fingerprint density at radius 3 is 2.44 bits per heavy atom. The average Bonchev–Trinajstić information content (AvgIpc) is 3.63. The lowest BCUT2D eigenvalue weighted by atomic mass is 10.0. The third-order valence-corrected chi connectivity index (χ3v) is 7.00. The van der Waals surface area contributed by atoms with Gasteiger partial charge in [-0.3, -0.25) is 9.78 Å². The van der Waals surface area contributed by atoms with E-state index in [1.807, 2.05) is 77.7 Å². The standard InChI is InChI=1S/C32H25FN4O3S/c33-22-11-9-21(10-12-22)27-17-18-28(40-27)31-30(26-8-4-5-19-34-26)36-32(41)37(31)24-15-13-23(14-16-24)35-29(38)20-39-25-6-2-1-3-7-25/h1-19,30-31H,20H2,(H,35,38)(H,36,41). The maximum atomic E-state index is 13.5. The lowest BCUT2D eigenvalue weighted by molar-refractivity contribution is -0.118. The van der Waals surface area contributed by atoms with Crippen LogP contribution in [-0.2, 0) is 4.79 Å². The lowest BCUT2D eigenvalue weighted by Crippen LogP contribution is -2.29. The van der Waals surface area contributed by atoms with Crippen LogP contribution in [0.2, 0.25) is 0 Å². The van der Waals surface area contributed by atoms with Crippen molar-refractivity contribution in [1.29, 1.82) is 0 Å². The summed E-state index contributed by atoms with van der Waals surface area (Å²) < 4.78 is 25.3. The summed E-state index contributed by atoms with van der Waals surface area (Å²) in [7, 11) is 0. The molecule has 0 radical (unpaired) electrons. The highest BCUT2D eigenvalue weighted by molar-refractivity contribution is 7.80. The van der Waals surface area contributed by atoms with Gasteiger partial charge >= 0.3 is 0 Å². The fourth-order valence-corrected chi connectivity index (χ4v) is 5.12. The Kier molecular flexibility index (Phi) is 7.42. The number of nitrogens with zero attached hydrogens (tertiary/aromatic N) is 2. The van der Waals surface area contributed by atoms with Gasteiger partial charge in [-0.15, -0.1) is 0 Å². The Bertz CT molecular complexity index is 1640. The summed E-state index contributed by atoms with van der Waals surface area (Å²) in [5.41, 5.74) is 3.01. The second-order valence-corrected chi connectivity index (χ2v) is 9.79. The molecule has 9 heteroatoms. The Morgan fingerprint density at radius 2 is 1.71 bits per heavy atom. The second-order valence-electron chi connectivity index (χ2n) is 9.40. The molecule has 2 aromatic heterocycles. The maximum Gasteiger partial charge on any atom is 0.262 e. The Labute approximate surface area is 241 Å².